The van der Waals surface area contributed by atoms with Gasteiger partial charge in [-0.3, -0.25) is 9.80 Å². The molecule has 0 N–H and O–H groups in total. The third-order valence-electron chi connectivity index (χ3n) is 3.25. The first-order chi connectivity index (χ1) is 6.92. The molecule has 1 aliphatic heterocycles. The third-order valence-corrected chi connectivity index (χ3v) is 3.25. The second-order valence-corrected chi connectivity index (χ2v) is 5.43. The fourth-order valence-corrected chi connectivity index (χ4v) is 1.95. The molecule has 0 amide bonds. The van der Waals surface area contributed by atoms with Crippen LogP contribution in [0.15, 0.2) is 0 Å². The summed E-state index contributed by atoms with van der Waals surface area (Å²) in [6.45, 7) is 14.2. The van der Waals surface area contributed by atoms with Gasteiger partial charge < -0.3 is 4.74 Å². The summed E-state index contributed by atoms with van der Waals surface area (Å²) in [4.78, 5) is 4.94. The predicted octanol–water partition coefficient (Wildman–Crippen LogP) is 1.44. The van der Waals surface area contributed by atoms with Crippen LogP contribution in [-0.2, 0) is 4.74 Å². The monoisotopic (exact) mass is 214 g/mol. The Hall–Kier alpha value is -0.120. The van der Waals surface area contributed by atoms with Crippen LogP contribution in [0.25, 0.3) is 0 Å². The average molecular weight is 214 g/mol. The van der Waals surface area contributed by atoms with Crippen molar-refractivity contribution in [3.63, 3.8) is 0 Å². The molecular formula is C12H26N2O. The van der Waals surface area contributed by atoms with E-state index in [9.17, 15) is 0 Å². The van der Waals surface area contributed by atoms with Crippen molar-refractivity contribution in [3.05, 3.63) is 0 Å². The van der Waals surface area contributed by atoms with E-state index >= 15 is 0 Å². The summed E-state index contributed by atoms with van der Waals surface area (Å²) in [5.74, 6) is 0. The van der Waals surface area contributed by atoms with Crippen molar-refractivity contribution in [1.82, 2.24) is 9.80 Å². The Morgan fingerprint density at radius 2 is 1.93 bits per heavy atom. The summed E-state index contributed by atoms with van der Waals surface area (Å²) in [5.41, 5.74) is 0.302. The topological polar surface area (TPSA) is 15.7 Å². The SMILES string of the molecule is CC(C)OCCN1CCN(C)C(C)(C)C1. The zero-order valence-corrected chi connectivity index (χ0v) is 10.9. The smallest absolute Gasteiger partial charge is 0.0596 e. The molecule has 0 saturated carbocycles. The van der Waals surface area contributed by atoms with Gasteiger partial charge in [-0.25, -0.2) is 0 Å². The molecule has 0 aromatic heterocycles. The van der Waals surface area contributed by atoms with E-state index in [2.05, 4.69) is 44.5 Å². The lowest BCUT2D eigenvalue weighted by atomic mass is 10.00. The molecule has 90 valence electrons. The van der Waals surface area contributed by atoms with E-state index in [1.165, 1.54) is 6.54 Å². The summed E-state index contributed by atoms with van der Waals surface area (Å²) in [6, 6.07) is 0. The van der Waals surface area contributed by atoms with Crippen LogP contribution in [0.1, 0.15) is 27.7 Å². The van der Waals surface area contributed by atoms with Gasteiger partial charge in [0.25, 0.3) is 0 Å². The van der Waals surface area contributed by atoms with Gasteiger partial charge in [-0.1, -0.05) is 0 Å². The van der Waals surface area contributed by atoms with E-state index in [1.54, 1.807) is 0 Å². The van der Waals surface area contributed by atoms with Crippen molar-refractivity contribution in [1.29, 1.82) is 0 Å². The maximum absolute atomic E-state index is 5.58. The van der Waals surface area contributed by atoms with Crippen LogP contribution >= 0.6 is 0 Å². The van der Waals surface area contributed by atoms with Crippen LogP contribution in [0, 0.1) is 0 Å². The van der Waals surface area contributed by atoms with E-state index < -0.39 is 0 Å². The third kappa shape index (κ3) is 4.09. The molecule has 1 fully saturated rings. The number of ether oxygens (including phenoxy) is 1. The summed E-state index contributed by atoms with van der Waals surface area (Å²) in [7, 11) is 2.21. The summed E-state index contributed by atoms with van der Waals surface area (Å²) >= 11 is 0. The largest absolute Gasteiger partial charge is 0.377 e. The van der Waals surface area contributed by atoms with Gasteiger partial charge in [-0.05, 0) is 34.7 Å². The molecule has 3 nitrogen and oxygen atoms in total. The zero-order chi connectivity index (χ0) is 11.5. The molecule has 0 spiro atoms. The maximum atomic E-state index is 5.58. The standard InChI is InChI=1S/C12H26N2O/c1-11(2)15-9-8-14-7-6-13(5)12(3,4)10-14/h11H,6-10H2,1-5H3. The van der Waals surface area contributed by atoms with Crippen LogP contribution < -0.4 is 0 Å². The van der Waals surface area contributed by atoms with Crippen LogP contribution in [0.4, 0.5) is 0 Å². The normalized spacial score (nSPS) is 23.6. The van der Waals surface area contributed by atoms with E-state index in [-0.39, 0.29) is 0 Å². The number of hydrogen-bond acceptors (Lipinski definition) is 3. The Morgan fingerprint density at radius 3 is 2.47 bits per heavy atom. The highest BCUT2D eigenvalue weighted by Crippen LogP contribution is 2.18. The Bertz CT molecular complexity index is 192. The lowest BCUT2D eigenvalue weighted by Gasteiger charge is -2.45. The van der Waals surface area contributed by atoms with Crippen LogP contribution in [0.5, 0.6) is 0 Å². The van der Waals surface area contributed by atoms with Gasteiger partial charge in [0.2, 0.25) is 0 Å². The summed E-state index contributed by atoms with van der Waals surface area (Å²) in [5, 5.41) is 0. The van der Waals surface area contributed by atoms with E-state index in [4.69, 9.17) is 4.74 Å². The molecule has 0 unspecified atom stereocenters. The van der Waals surface area contributed by atoms with Crippen molar-refractivity contribution < 1.29 is 4.74 Å². The van der Waals surface area contributed by atoms with E-state index in [0.29, 0.717) is 11.6 Å². The molecule has 0 radical (unpaired) electrons. The first-order valence-electron chi connectivity index (χ1n) is 5.97. The molecule has 0 aliphatic carbocycles. The fraction of sp³-hybridized carbons (Fsp3) is 1.00. The number of nitrogens with zero attached hydrogens (tertiary/aromatic N) is 2. The average Bonchev–Trinajstić information content (AvgIpc) is 2.10. The molecular weight excluding hydrogens is 188 g/mol. The van der Waals surface area contributed by atoms with Crippen LogP contribution in [-0.4, -0.2) is 61.3 Å². The molecule has 1 rings (SSSR count). The first-order valence-corrected chi connectivity index (χ1v) is 5.97. The van der Waals surface area contributed by atoms with Crippen molar-refractivity contribution >= 4 is 0 Å². The number of piperazine rings is 1. The fourth-order valence-electron chi connectivity index (χ4n) is 1.95. The lowest BCUT2D eigenvalue weighted by Crippen LogP contribution is -2.58. The maximum Gasteiger partial charge on any atom is 0.0596 e. The van der Waals surface area contributed by atoms with Gasteiger partial charge in [0.1, 0.15) is 0 Å². The van der Waals surface area contributed by atoms with Gasteiger partial charge in [0, 0.05) is 31.7 Å². The predicted molar refractivity (Wildman–Crippen MR) is 64.2 cm³/mol. The number of hydrogen-bond donors (Lipinski definition) is 0. The number of rotatable bonds is 4. The van der Waals surface area contributed by atoms with Crippen molar-refractivity contribution in [2.75, 3.05) is 39.8 Å². The van der Waals surface area contributed by atoms with E-state index in [1.807, 2.05) is 0 Å². The molecule has 1 heterocycles. The Kier molecular flexibility index (Phi) is 4.56. The highest BCUT2D eigenvalue weighted by Gasteiger charge is 2.30. The lowest BCUT2D eigenvalue weighted by molar-refractivity contribution is 0.00925. The summed E-state index contributed by atoms with van der Waals surface area (Å²) in [6.07, 6.45) is 0.352. The minimum absolute atomic E-state index is 0.302. The second-order valence-electron chi connectivity index (χ2n) is 5.43. The zero-order valence-electron chi connectivity index (χ0n) is 10.9. The molecule has 1 saturated heterocycles. The first kappa shape index (κ1) is 12.9. The molecule has 3 heteroatoms. The number of likely N-dealkylation sites (N-methyl/N-ethyl adjacent to an activating group) is 1. The minimum Gasteiger partial charge on any atom is -0.377 e. The van der Waals surface area contributed by atoms with Gasteiger partial charge in [0.15, 0.2) is 0 Å². The highest BCUT2D eigenvalue weighted by molar-refractivity contribution is 4.87. The van der Waals surface area contributed by atoms with E-state index in [0.717, 1.165) is 26.2 Å². The van der Waals surface area contributed by atoms with Gasteiger partial charge in [-0.15, -0.1) is 0 Å². The Balaban J connectivity index is 2.27. The van der Waals surface area contributed by atoms with Crippen molar-refractivity contribution in [2.45, 2.75) is 39.3 Å². The van der Waals surface area contributed by atoms with Crippen LogP contribution in [0.3, 0.4) is 0 Å². The minimum atomic E-state index is 0.302. The Morgan fingerprint density at radius 1 is 1.27 bits per heavy atom. The van der Waals surface area contributed by atoms with Gasteiger partial charge in [0.05, 0.1) is 12.7 Å². The van der Waals surface area contributed by atoms with Gasteiger partial charge >= 0.3 is 0 Å². The molecule has 0 aromatic rings. The Labute approximate surface area is 94.4 Å². The molecule has 0 bridgehead atoms. The van der Waals surface area contributed by atoms with Crippen molar-refractivity contribution in [3.8, 4) is 0 Å². The second kappa shape index (κ2) is 5.28. The quantitative estimate of drug-likeness (QED) is 0.704. The summed E-state index contributed by atoms with van der Waals surface area (Å²) < 4.78 is 5.58. The molecule has 15 heavy (non-hydrogen) atoms. The molecule has 0 atom stereocenters. The van der Waals surface area contributed by atoms with Gasteiger partial charge in [-0.2, -0.15) is 0 Å². The molecule has 1 aliphatic rings. The highest BCUT2D eigenvalue weighted by atomic mass is 16.5. The molecule has 0 aromatic carbocycles. The van der Waals surface area contributed by atoms with Crippen molar-refractivity contribution in [2.24, 2.45) is 0 Å². The van der Waals surface area contributed by atoms with Crippen LogP contribution in [0.2, 0.25) is 0 Å².